The predicted molar refractivity (Wildman–Crippen MR) is 84.8 cm³/mol. The number of benzene rings is 1. The lowest BCUT2D eigenvalue weighted by molar-refractivity contribution is 0.396. The average Bonchev–Trinajstić information content (AvgIpc) is 2.54. The lowest BCUT2D eigenvalue weighted by Gasteiger charge is -2.38. The Bertz CT molecular complexity index is 614. The van der Waals surface area contributed by atoms with Crippen LogP contribution in [-0.2, 0) is 13.0 Å². The molecule has 4 heteroatoms. The van der Waals surface area contributed by atoms with Crippen LogP contribution in [0.15, 0.2) is 42.5 Å². The first-order valence-corrected chi connectivity index (χ1v) is 7.31. The third kappa shape index (κ3) is 2.85. The van der Waals surface area contributed by atoms with Crippen LogP contribution in [0.2, 0.25) is 0 Å². The van der Waals surface area contributed by atoms with Gasteiger partial charge in [-0.25, -0.2) is 0 Å². The van der Waals surface area contributed by atoms with E-state index in [4.69, 9.17) is 4.74 Å². The molecule has 1 N–H and O–H groups in total. The molecular formula is C17H21N3O. The number of ether oxygens (including phenoxy) is 1. The van der Waals surface area contributed by atoms with Gasteiger partial charge < -0.3 is 15.0 Å². The van der Waals surface area contributed by atoms with Gasteiger partial charge in [0, 0.05) is 25.2 Å². The van der Waals surface area contributed by atoms with Gasteiger partial charge in [0.25, 0.3) is 0 Å². The average molecular weight is 283 g/mol. The molecule has 1 unspecified atom stereocenters. The van der Waals surface area contributed by atoms with Crippen molar-refractivity contribution in [3.05, 3.63) is 53.6 Å². The SMILES string of the molecule is CNCC1Cc2ccccc2CN1c1cccc(OC)n1. The molecule has 0 aliphatic carbocycles. The van der Waals surface area contributed by atoms with Gasteiger partial charge in [0.1, 0.15) is 5.82 Å². The Labute approximate surface area is 125 Å². The van der Waals surface area contributed by atoms with Gasteiger partial charge in [-0.2, -0.15) is 4.98 Å². The fourth-order valence-electron chi connectivity index (χ4n) is 2.95. The summed E-state index contributed by atoms with van der Waals surface area (Å²) < 4.78 is 5.26. The molecule has 1 aliphatic heterocycles. The lowest BCUT2D eigenvalue weighted by atomic mass is 9.94. The number of fused-ring (bicyclic) bond motifs is 1. The van der Waals surface area contributed by atoms with E-state index in [1.807, 2.05) is 19.2 Å². The molecule has 0 spiro atoms. The molecule has 0 saturated carbocycles. The van der Waals surface area contributed by atoms with Crippen LogP contribution in [0.4, 0.5) is 5.82 Å². The Kier molecular flexibility index (Phi) is 4.06. The Hall–Kier alpha value is -2.07. The standard InChI is InChI=1S/C17H21N3O/c1-18-11-15-10-13-6-3-4-7-14(13)12-20(15)16-8-5-9-17(19-16)21-2/h3-9,15,18H,10-12H2,1-2H3. The van der Waals surface area contributed by atoms with Crippen LogP contribution in [0, 0.1) is 0 Å². The Morgan fingerprint density at radius 3 is 2.76 bits per heavy atom. The highest BCUT2D eigenvalue weighted by atomic mass is 16.5. The van der Waals surface area contributed by atoms with Gasteiger partial charge in [-0.3, -0.25) is 0 Å². The molecule has 0 radical (unpaired) electrons. The maximum absolute atomic E-state index is 5.26. The van der Waals surface area contributed by atoms with Crippen molar-refractivity contribution in [2.75, 3.05) is 25.6 Å². The topological polar surface area (TPSA) is 37.4 Å². The maximum atomic E-state index is 5.26. The van der Waals surface area contributed by atoms with E-state index in [-0.39, 0.29) is 0 Å². The number of likely N-dealkylation sites (N-methyl/N-ethyl adjacent to an activating group) is 1. The molecule has 2 aromatic rings. The second-order valence-electron chi connectivity index (χ2n) is 5.35. The molecule has 2 heterocycles. The van der Waals surface area contributed by atoms with Crippen LogP contribution in [0.25, 0.3) is 0 Å². The third-order valence-electron chi connectivity index (χ3n) is 4.01. The molecular weight excluding hydrogens is 262 g/mol. The van der Waals surface area contributed by atoms with Crippen molar-refractivity contribution in [3.63, 3.8) is 0 Å². The number of nitrogens with one attached hydrogen (secondary N) is 1. The molecule has 1 atom stereocenters. The van der Waals surface area contributed by atoms with E-state index in [0.29, 0.717) is 11.9 Å². The van der Waals surface area contributed by atoms with Crippen molar-refractivity contribution in [2.24, 2.45) is 0 Å². The van der Waals surface area contributed by atoms with Gasteiger partial charge >= 0.3 is 0 Å². The van der Waals surface area contributed by atoms with Crippen LogP contribution in [-0.4, -0.2) is 31.7 Å². The number of methoxy groups -OCH3 is 1. The van der Waals surface area contributed by atoms with E-state index in [9.17, 15) is 0 Å². The minimum absolute atomic E-state index is 0.407. The third-order valence-corrected chi connectivity index (χ3v) is 4.01. The summed E-state index contributed by atoms with van der Waals surface area (Å²) >= 11 is 0. The van der Waals surface area contributed by atoms with Gasteiger partial charge in [-0.05, 0) is 30.7 Å². The number of anilines is 1. The smallest absolute Gasteiger partial charge is 0.214 e. The summed E-state index contributed by atoms with van der Waals surface area (Å²) in [4.78, 5) is 6.96. The monoisotopic (exact) mass is 283 g/mol. The number of rotatable bonds is 4. The molecule has 0 bridgehead atoms. The molecule has 21 heavy (non-hydrogen) atoms. The second kappa shape index (κ2) is 6.14. The molecule has 4 nitrogen and oxygen atoms in total. The van der Waals surface area contributed by atoms with Crippen LogP contribution in [0.3, 0.4) is 0 Å². The lowest BCUT2D eigenvalue weighted by Crippen LogP contribution is -2.46. The molecule has 0 saturated heterocycles. The number of aromatic nitrogens is 1. The number of nitrogens with zero attached hydrogens (tertiary/aromatic N) is 2. The highest BCUT2D eigenvalue weighted by Gasteiger charge is 2.26. The summed E-state index contributed by atoms with van der Waals surface area (Å²) in [6, 6.07) is 15.0. The molecule has 1 aromatic heterocycles. The second-order valence-corrected chi connectivity index (χ2v) is 5.35. The minimum Gasteiger partial charge on any atom is -0.481 e. The quantitative estimate of drug-likeness (QED) is 0.934. The summed E-state index contributed by atoms with van der Waals surface area (Å²) in [5.74, 6) is 1.64. The summed E-state index contributed by atoms with van der Waals surface area (Å²) in [5.41, 5.74) is 2.83. The van der Waals surface area contributed by atoms with Gasteiger partial charge in [-0.1, -0.05) is 30.3 Å². The first-order valence-electron chi connectivity index (χ1n) is 7.31. The van der Waals surface area contributed by atoms with Crippen molar-refractivity contribution in [1.29, 1.82) is 0 Å². The maximum Gasteiger partial charge on any atom is 0.214 e. The zero-order valence-electron chi connectivity index (χ0n) is 12.5. The molecule has 3 rings (SSSR count). The Balaban J connectivity index is 1.94. The number of pyridine rings is 1. The van der Waals surface area contributed by atoms with Crippen molar-refractivity contribution in [1.82, 2.24) is 10.3 Å². The van der Waals surface area contributed by atoms with Crippen LogP contribution < -0.4 is 15.0 Å². The van der Waals surface area contributed by atoms with E-state index in [2.05, 4.69) is 45.5 Å². The van der Waals surface area contributed by atoms with Gasteiger partial charge in [0.15, 0.2) is 0 Å². The van der Waals surface area contributed by atoms with Gasteiger partial charge in [0.05, 0.1) is 7.11 Å². The van der Waals surface area contributed by atoms with E-state index in [0.717, 1.165) is 25.3 Å². The van der Waals surface area contributed by atoms with Crippen LogP contribution >= 0.6 is 0 Å². The van der Waals surface area contributed by atoms with E-state index in [1.165, 1.54) is 11.1 Å². The van der Waals surface area contributed by atoms with E-state index < -0.39 is 0 Å². The fourth-order valence-corrected chi connectivity index (χ4v) is 2.95. The summed E-state index contributed by atoms with van der Waals surface area (Å²) in [7, 11) is 3.65. The molecule has 0 amide bonds. The summed E-state index contributed by atoms with van der Waals surface area (Å²) in [6.45, 7) is 1.83. The fraction of sp³-hybridized carbons (Fsp3) is 0.353. The van der Waals surface area contributed by atoms with Crippen molar-refractivity contribution in [3.8, 4) is 5.88 Å². The zero-order valence-corrected chi connectivity index (χ0v) is 12.5. The van der Waals surface area contributed by atoms with Crippen molar-refractivity contribution in [2.45, 2.75) is 19.0 Å². The normalized spacial score (nSPS) is 17.4. The first-order chi connectivity index (χ1) is 10.3. The Morgan fingerprint density at radius 2 is 2.00 bits per heavy atom. The van der Waals surface area contributed by atoms with Crippen LogP contribution in [0.5, 0.6) is 5.88 Å². The molecule has 1 aromatic carbocycles. The zero-order chi connectivity index (χ0) is 14.7. The highest BCUT2D eigenvalue weighted by Crippen LogP contribution is 2.28. The van der Waals surface area contributed by atoms with Crippen molar-refractivity contribution < 1.29 is 4.74 Å². The molecule has 1 aliphatic rings. The van der Waals surface area contributed by atoms with Crippen LogP contribution in [0.1, 0.15) is 11.1 Å². The minimum atomic E-state index is 0.407. The van der Waals surface area contributed by atoms with E-state index >= 15 is 0 Å². The molecule has 0 fully saturated rings. The first kappa shape index (κ1) is 13.9. The van der Waals surface area contributed by atoms with Crippen molar-refractivity contribution >= 4 is 5.82 Å². The largest absolute Gasteiger partial charge is 0.481 e. The Morgan fingerprint density at radius 1 is 1.19 bits per heavy atom. The highest BCUT2D eigenvalue weighted by molar-refractivity contribution is 5.47. The molecule has 110 valence electrons. The van der Waals surface area contributed by atoms with Gasteiger partial charge in [0.2, 0.25) is 5.88 Å². The summed E-state index contributed by atoms with van der Waals surface area (Å²) in [5, 5.41) is 3.30. The summed E-state index contributed by atoms with van der Waals surface area (Å²) in [6.07, 6.45) is 1.04. The predicted octanol–water partition coefficient (Wildman–Crippen LogP) is 2.24. The van der Waals surface area contributed by atoms with Gasteiger partial charge in [-0.15, -0.1) is 0 Å². The number of hydrogen-bond acceptors (Lipinski definition) is 4. The number of hydrogen-bond donors (Lipinski definition) is 1. The van der Waals surface area contributed by atoms with E-state index in [1.54, 1.807) is 7.11 Å².